The van der Waals surface area contributed by atoms with Crippen LogP contribution < -0.4 is 5.32 Å². The number of aliphatic hydroxyl groups excluding tert-OH is 1. The maximum Gasteiger partial charge on any atom is 0.115 e. The number of aromatic nitrogens is 2. The molecule has 2 aromatic rings. The predicted octanol–water partition coefficient (Wildman–Crippen LogP) is 1.30. The molecule has 0 bridgehead atoms. The van der Waals surface area contributed by atoms with E-state index in [1.54, 1.807) is 6.20 Å². The minimum atomic E-state index is -0.0637. The number of aliphatic hydroxyl groups is 1. The SMILES string of the molecule is OCC(NCc1ccncn1)c1ccccc1. The summed E-state index contributed by atoms with van der Waals surface area (Å²) >= 11 is 0. The molecule has 4 nitrogen and oxygen atoms in total. The van der Waals surface area contributed by atoms with Gasteiger partial charge in [0.15, 0.2) is 0 Å². The minimum absolute atomic E-state index is 0.0637. The van der Waals surface area contributed by atoms with Crippen molar-refractivity contribution in [3.8, 4) is 0 Å². The fraction of sp³-hybridized carbons (Fsp3) is 0.231. The van der Waals surface area contributed by atoms with Crippen LogP contribution in [-0.4, -0.2) is 21.7 Å². The molecule has 88 valence electrons. The molecule has 1 aromatic carbocycles. The summed E-state index contributed by atoms with van der Waals surface area (Å²) in [6.45, 7) is 0.678. The molecule has 0 spiro atoms. The molecule has 4 heteroatoms. The number of nitrogens with zero attached hydrogens (tertiary/aromatic N) is 2. The molecular formula is C13H15N3O. The largest absolute Gasteiger partial charge is 0.394 e. The molecule has 0 saturated heterocycles. The van der Waals surface area contributed by atoms with E-state index in [4.69, 9.17) is 0 Å². The van der Waals surface area contributed by atoms with E-state index >= 15 is 0 Å². The van der Waals surface area contributed by atoms with Crippen LogP contribution in [0.4, 0.5) is 0 Å². The summed E-state index contributed by atoms with van der Waals surface area (Å²) in [4.78, 5) is 7.99. The fourth-order valence-electron chi connectivity index (χ4n) is 1.62. The molecule has 1 heterocycles. The highest BCUT2D eigenvalue weighted by Crippen LogP contribution is 2.11. The second-order valence-electron chi connectivity index (χ2n) is 3.73. The van der Waals surface area contributed by atoms with Crippen LogP contribution in [0.5, 0.6) is 0 Å². The van der Waals surface area contributed by atoms with Crippen LogP contribution in [0.1, 0.15) is 17.3 Å². The van der Waals surface area contributed by atoms with Gasteiger partial charge in [-0.1, -0.05) is 30.3 Å². The van der Waals surface area contributed by atoms with E-state index in [-0.39, 0.29) is 12.6 Å². The van der Waals surface area contributed by atoms with Gasteiger partial charge in [-0.25, -0.2) is 9.97 Å². The molecule has 17 heavy (non-hydrogen) atoms. The van der Waals surface area contributed by atoms with E-state index in [1.165, 1.54) is 6.33 Å². The van der Waals surface area contributed by atoms with Gasteiger partial charge >= 0.3 is 0 Å². The second-order valence-corrected chi connectivity index (χ2v) is 3.73. The van der Waals surface area contributed by atoms with Gasteiger partial charge in [0.25, 0.3) is 0 Å². The van der Waals surface area contributed by atoms with Crippen molar-refractivity contribution in [2.75, 3.05) is 6.61 Å². The van der Waals surface area contributed by atoms with E-state index in [0.717, 1.165) is 11.3 Å². The Labute approximate surface area is 100 Å². The summed E-state index contributed by atoms with van der Waals surface area (Å²) in [6, 6.07) is 11.7. The van der Waals surface area contributed by atoms with Crippen LogP contribution in [0.25, 0.3) is 0 Å². The molecule has 2 N–H and O–H groups in total. The van der Waals surface area contributed by atoms with Crippen LogP contribution >= 0.6 is 0 Å². The maximum atomic E-state index is 9.36. The average Bonchev–Trinajstić information content (AvgIpc) is 2.42. The third-order valence-electron chi connectivity index (χ3n) is 2.56. The van der Waals surface area contributed by atoms with Gasteiger partial charge in [0.2, 0.25) is 0 Å². The monoisotopic (exact) mass is 229 g/mol. The van der Waals surface area contributed by atoms with Gasteiger partial charge in [-0.3, -0.25) is 0 Å². The van der Waals surface area contributed by atoms with Gasteiger partial charge in [-0.2, -0.15) is 0 Å². The van der Waals surface area contributed by atoms with Crippen LogP contribution in [0, 0.1) is 0 Å². The van der Waals surface area contributed by atoms with Gasteiger partial charge < -0.3 is 10.4 Å². The van der Waals surface area contributed by atoms with Crippen molar-refractivity contribution in [2.45, 2.75) is 12.6 Å². The van der Waals surface area contributed by atoms with Gasteiger partial charge in [0.05, 0.1) is 18.3 Å². The number of nitrogens with one attached hydrogen (secondary N) is 1. The van der Waals surface area contributed by atoms with Crippen molar-refractivity contribution < 1.29 is 5.11 Å². The molecule has 0 radical (unpaired) electrons. The summed E-state index contributed by atoms with van der Waals surface area (Å²) in [7, 11) is 0. The topological polar surface area (TPSA) is 58.0 Å². The predicted molar refractivity (Wildman–Crippen MR) is 65.1 cm³/mol. The Bertz CT molecular complexity index is 433. The number of benzene rings is 1. The first kappa shape index (κ1) is 11.7. The van der Waals surface area contributed by atoms with Crippen LogP contribution in [0.3, 0.4) is 0 Å². The Morgan fingerprint density at radius 1 is 1.18 bits per heavy atom. The van der Waals surface area contributed by atoms with Crippen molar-refractivity contribution in [1.29, 1.82) is 0 Å². The highest BCUT2D eigenvalue weighted by Gasteiger charge is 2.08. The highest BCUT2D eigenvalue weighted by molar-refractivity contribution is 5.19. The Morgan fingerprint density at radius 2 is 2.00 bits per heavy atom. The lowest BCUT2D eigenvalue weighted by Gasteiger charge is -2.16. The molecule has 0 aliphatic heterocycles. The number of hydrogen-bond acceptors (Lipinski definition) is 4. The molecule has 0 saturated carbocycles. The minimum Gasteiger partial charge on any atom is -0.394 e. The zero-order chi connectivity index (χ0) is 11.9. The van der Waals surface area contributed by atoms with E-state index in [9.17, 15) is 5.11 Å². The van der Waals surface area contributed by atoms with Gasteiger partial charge in [-0.15, -0.1) is 0 Å². The second kappa shape index (κ2) is 6.08. The first-order chi connectivity index (χ1) is 8.40. The number of hydrogen-bond donors (Lipinski definition) is 2. The van der Waals surface area contributed by atoms with Gasteiger partial charge in [0.1, 0.15) is 6.33 Å². The van der Waals surface area contributed by atoms with E-state index in [2.05, 4.69) is 15.3 Å². The Hall–Kier alpha value is -1.78. The van der Waals surface area contributed by atoms with E-state index in [0.29, 0.717) is 6.54 Å². The smallest absolute Gasteiger partial charge is 0.115 e. The first-order valence-corrected chi connectivity index (χ1v) is 5.54. The van der Waals surface area contributed by atoms with Crippen molar-refractivity contribution in [3.05, 3.63) is 60.2 Å². The molecule has 1 aromatic heterocycles. The molecule has 0 aliphatic carbocycles. The third-order valence-corrected chi connectivity index (χ3v) is 2.56. The van der Waals surface area contributed by atoms with Crippen LogP contribution in [0.2, 0.25) is 0 Å². The standard InChI is InChI=1S/C13H15N3O/c17-9-13(11-4-2-1-3-5-11)15-8-12-6-7-14-10-16-12/h1-7,10,13,15,17H,8-9H2. The molecule has 1 atom stereocenters. The first-order valence-electron chi connectivity index (χ1n) is 5.54. The maximum absolute atomic E-state index is 9.36. The summed E-state index contributed by atoms with van der Waals surface area (Å²) in [5.74, 6) is 0. The lowest BCUT2D eigenvalue weighted by molar-refractivity contribution is 0.243. The van der Waals surface area contributed by atoms with Crippen LogP contribution in [0.15, 0.2) is 48.9 Å². The summed E-state index contributed by atoms with van der Waals surface area (Å²) in [5.41, 5.74) is 1.98. The van der Waals surface area contributed by atoms with Gasteiger partial charge in [-0.05, 0) is 11.6 Å². The molecule has 2 rings (SSSR count). The summed E-state index contributed by atoms with van der Waals surface area (Å²) < 4.78 is 0. The molecule has 0 amide bonds. The van der Waals surface area contributed by atoms with Gasteiger partial charge in [0, 0.05) is 12.7 Å². The van der Waals surface area contributed by atoms with Crippen molar-refractivity contribution in [1.82, 2.24) is 15.3 Å². The quantitative estimate of drug-likeness (QED) is 0.811. The Kier molecular flexibility index (Phi) is 4.18. The zero-order valence-electron chi connectivity index (χ0n) is 9.45. The van der Waals surface area contributed by atoms with Crippen molar-refractivity contribution in [2.24, 2.45) is 0 Å². The van der Waals surface area contributed by atoms with E-state index in [1.807, 2.05) is 36.4 Å². The normalized spacial score (nSPS) is 12.3. The molecule has 1 unspecified atom stereocenters. The lowest BCUT2D eigenvalue weighted by atomic mass is 10.1. The lowest BCUT2D eigenvalue weighted by Crippen LogP contribution is -2.24. The molecule has 0 aliphatic rings. The highest BCUT2D eigenvalue weighted by atomic mass is 16.3. The average molecular weight is 229 g/mol. The molecular weight excluding hydrogens is 214 g/mol. The zero-order valence-corrected chi connectivity index (χ0v) is 9.45. The Balaban J connectivity index is 1.97. The fourth-order valence-corrected chi connectivity index (χ4v) is 1.62. The molecule has 0 fully saturated rings. The number of rotatable bonds is 5. The van der Waals surface area contributed by atoms with Crippen LogP contribution in [-0.2, 0) is 6.54 Å². The van der Waals surface area contributed by atoms with Crippen molar-refractivity contribution in [3.63, 3.8) is 0 Å². The van der Waals surface area contributed by atoms with Crippen molar-refractivity contribution >= 4 is 0 Å². The third kappa shape index (κ3) is 3.34. The van der Waals surface area contributed by atoms with E-state index < -0.39 is 0 Å². The summed E-state index contributed by atoms with van der Waals surface area (Å²) in [5, 5.41) is 12.6. The Morgan fingerprint density at radius 3 is 2.65 bits per heavy atom. The summed E-state index contributed by atoms with van der Waals surface area (Å²) in [6.07, 6.45) is 3.23.